The molecule has 1 aliphatic carbocycles. The third-order valence-electron chi connectivity index (χ3n) is 2.53. The number of rotatable bonds is 3. The molecular formula is C10H11ClFNO2S. The van der Waals surface area contributed by atoms with Crippen molar-refractivity contribution in [3.05, 3.63) is 30.1 Å². The number of halogens is 2. The molecule has 1 fully saturated rings. The van der Waals surface area contributed by atoms with Gasteiger partial charge in [0.1, 0.15) is 10.7 Å². The summed E-state index contributed by atoms with van der Waals surface area (Å²) in [5.41, 5.74) is 0. The predicted octanol–water partition coefficient (Wildman–Crippen LogP) is 1.87. The van der Waals surface area contributed by atoms with E-state index in [0.29, 0.717) is 12.8 Å². The fraction of sp³-hybridized carbons (Fsp3) is 0.400. The number of hydrogen-bond donors (Lipinski definition) is 1. The van der Waals surface area contributed by atoms with Crippen LogP contribution in [0.4, 0.5) is 4.39 Å². The van der Waals surface area contributed by atoms with Crippen molar-refractivity contribution >= 4 is 21.6 Å². The largest absolute Gasteiger partial charge is 0.243 e. The van der Waals surface area contributed by atoms with Crippen LogP contribution in [0.15, 0.2) is 29.2 Å². The van der Waals surface area contributed by atoms with E-state index in [4.69, 9.17) is 11.6 Å². The molecule has 0 unspecified atom stereocenters. The first-order valence-corrected chi connectivity index (χ1v) is 6.82. The second kappa shape index (κ2) is 4.31. The number of alkyl halides is 1. The second-order valence-corrected chi connectivity index (χ2v) is 6.12. The Kier molecular flexibility index (Phi) is 3.19. The Labute approximate surface area is 98.7 Å². The van der Waals surface area contributed by atoms with Crippen LogP contribution in [0.5, 0.6) is 0 Å². The molecule has 2 rings (SSSR count). The molecule has 0 saturated heterocycles. The Morgan fingerprint density at radius 1 is 1.31 bits per heavy atom. The van der Waals surface area contributed by atoms with Crippen molar-refractivity contribution in [1.82, 2.24) is 4.72 Å². The van der Waals surface area contributed by atoms with E-state index in [1.165, 1.54) is 18.2 Å². The van der Waals surface area contributed by atoms with E-state index in [9.17, 15) is 12.8 Å². The highest BCUT2D eigenvalue weighted by Gasteiger charge is 2.32. The van der Waals surface area contributed by atoms with Crippen molar-refractivity contribution in [2.24, 2.45) is 0 Å². The number of hydrogen-bond acceptors (Lipinski definition) is 2. The molecular weight excluding hydrogens is 253 g/mol. The highest BCUT2D eigenvalue weighted by atomic mass is 35.5. The van der Waals surface area contributed by atoms with Crippen molar-refractivity contribution in [1.29, 1.82) is 0 Å². The van der Waals surface area contributed by atoms with Gasteiger partial charge in [-0.3, -0.25) is 0 Å². The minimum absolute atomic E-state index is 0.0216. The van der Waals surface area contributed by atoms with Crippen LogP contribution >= 0.6 is 11.6 Å². The van der Waals surface area contributed by atoms with E-state index in [2.05, 4.69) is 4.72 Å². The molecule has 16 heavy (non-hydrogen) atoms. The SMILES string of the molecule is O=S(=O)(NC1CC(Cl)C1)c1ccccc1F. The maximum absolute atomic E-state index is 13.3. The van der Waals surface area contributed by atoms with Gasteiger partial charge in [0.15, 0.2) is 0 Å². The molecule has 1 aromatic rings. The topological polar surface area (TPSA) is 46.2 Å². The summed E-state index contributed by atoms with van der Waals surface area (Å²) >= 11 is 5.74. The summed E-state index contributed by atoms with van der Waals surface area (Å²) in [6, 6.07) is 5.14. The quantitative estimate of drug-likeness (QED) is 0.847. The van der Waals surface area contributed by atoms with Gasteiger partial charge in [-0.05, 0) is 25.0 Å². The molecule has 0 aromatic heterocycles. The Bertz CT molecular complexity index is 485. The van der Waals surface area contributed by atoms with Gasteiger partial charge in [-0.25, -0.2) is 17.5 Å². The highest BCUT2D eigenvalue weighted by Crippen LogP contribution is 2.27. The van der Waals surface area contributed by atoms with E-state index >= 15 is 0 Å². The van der Waals surface area contributed by atoms with Crippen LogP contribution in [-0.2, 0) is 10.0 Å². The predicted molar refractivity (Wildman–Crippen MR) is 59.4 cm³/mol. The van der Waals surface area contributed by atoms with E-state index in [1.54, 1.807) is 0 Å². The van der Waals surface area contributed by atoms with Gasteiger partial charge in [-0.2, -0.15) is 0 Å². The summed E-state index contributed by atoms with van der Waals surface area (Å²) < 4.78 is 39.3. The Morgan fingerprint density at radius 3 is 2.50 bits per heavy atom. The summed E-state index contributed by atoms with van der Waals surface area (Å²) in [4.78, 5) is -0.312. The van der Waals surface area contributed by atoms with E-state index < -0.39 is 15.8 Å². The maximum atomic E-state index is 13.3. The van der Waals surface area contributed by atoms with Crippen molar-refractivity contribution in [3.8, 4) is 0 Å². The molecule has 0 atom stereocenters. The van der Waals surface area contributed by atoms with Crippen LogP contribution in [-0.4, -0.2) is 19.8 Å². The summed E-state index contributed by atoms with van der Waals surface area (Å²) in [6.07, 6.45) is 1.18. The molecule has 0 amide bonds. The van der Waals surface area contributed by atoms with E-state index in [1.807, 2.05) is 0 Å². The lowest BCUT2D eigenvalue weighted by atomic mass is 9.94. The van der Waals surface area contributed by atoms with E-state index in [-0.39, 0.29) is 16.3 Å². The number of nitrogens with one attached hydrogen (secondary N) is 1. The zero-order valence-electron chi connectivity index (χ0n) is 8.36. The van der Waals surface area contributed by atoms with Crippen LogP contribution in [0.3, 0.4) is 0 Å². The van der Waals surface area contributed by atoms with Crippen molar-refractivity contribution in [3.63, 3.8) is 0 Å². The first kappa shape index (κ1) is 11.8. The van der Waals surface area contributed by atoms with Gasteiger partial charge in [-0.1, -0.05) is 12.1 Å². The average molecular weight is 264 g/mol. The lowest BCUT2D eigenvalue weighted by molar-refractivity contribution is 0.390. The molecule has 0 aliphatic heterocycles. The van der Waals surface area contributed by atoms with Crippen LogP contribution in [0, 0.1) is 5.82 Å². The van der Waals surface area contributed by atoms with Gasteiger partial charge in [0, 0.05) is 11.4 Å². The van der Waals surface area contributed by atoms with Gasteiger partial charge in [-0.15, -0.1) is 11.6 Å². The molecule has 1 aliphatic rings. The zero-order valence-corrected chi connectivity index (χ0v) is 9.93. The lowest BCUT2D eigenvalue weighted by Gasteiger charge is -2.31. The third kappa shape index (κ3) is 2.36. The third-order valence-corrected chi connectivity index (χ3v) is 4.44. The standard InChI is InChI=1S/C10H11ClFNO2S/c11-7-5-8(6-7)13-16(14,15)10-4-2-1-3-9(10)12/h1-4,7-8,13H,5-6H2. The second-order valence-electron chi connectivity index (χ2n) is 3.82. The zero-order chi connectivity index (χ0) is 11.8. The van der Waals surface area contributed by atoms with Gasteiger partial charge >= 0.3 is 0 Å². The fourth-order valence-corrected chi connectivity index (χ4v) is 3.36. The molecule has 0 radical (unpaired) electrons. The Hall–Kier alpha value is -0.650. The van der Waals surface area contributed by atoms with Crippen molar-refractivity contribution in [2.75, 3.05) is 0 Å². The minimum atomic E-state index is -3.76. The highest BCUT2D eigenvalue weighted by molar-refractivity contribution is 7.89. The van der Waals surface area contributed by atoms with E-state index in [0.717, 1.165) is 6.07 Å². The molecule has 1 N–H and O–H groups in total. The Balaban J connectivity index is 2.16. The number of benzene rings is 1. The first-order chi connectivity index (χ1) is 7.49. The normalized spacial score (nSPS) is 25.1. The summed E-state index contributed by atoms with van der Waals surface area (Å²) in [5.74, 6) is -0.739. The van der Waals surface area contributed by atoms with Crippen molar-refractivity contribution in [2.45, 2.75) is 29.2 Å². The number of sulfonamides is 1. The first-order valence-electron chi connectivity index (χ1n) is 4.90. The molecule has 1 saturated carbocycles. The van der Waals surface area contributed by atoms with Gasteiger partial charge in [0.05, 0.1) is 0 Å². The summed E-state index contributed by atoms with van der Waals surface area (Å²) in [6.45, 7) is 0. The molecule has 88 valence electrons. The fourth-order valence-electron chi connectivity index (χ4n) is 1.59. The van der Waals surface area contributed by atoms with Gasteiger partial charge in [0.2, 0.25) is 10.0 Å². The van der Waals surface area contributed by atoms with Crippen LogP contribution in [0.1, 0.15) is 12.8 Å². The molecule has 0 heterocycles. The smallest absolute Gasteiger partial charge is 0.208 e. The summed E-state index contributed by atoms with van der Waals surface area (Å²) in [5, 5.41) is 0.0216. The average Bonchev–Trinajstić information content (AvgIpc) is 2.15. The van der Waals surface area contributed by atoms with Crippen LogP contribution < -0.4 is 4.72 Å². The molecule has 0 spiro atoms. The monoisotopic (exact) mass is 263 g/mol. The lowest BCUT2D eigenvalue weighted by Crippen LogP contribution is -2.44. The maximum Gasteiger partial charge on any atom is 0.243 e. The summed E-state index contributed by atoms with van der Waals surface area (Å²) in [7, 11) is -3.76. The molecule has 3 nitrogen and oxygen atoms in total. The van der Waals surface area contributed by atoms with Crippen molar-refractivity contribution < 1.29 is 12.8 Å². The molecule has 1 aromatic carbocycles. The van der Waals surface area contributed by atoms with Crippen LogP contribution in [0.2, 0.25) is 0 Å². The van der Waals surface area contributed by atoms with Gasteiger partial charge < -0.3 is 0 Å². The Morgan fingerprint density at radius 2 is 1.94 bits per heavy atom. The van der Waals surface area contributed by atoms with Crippen LogP contribution in [0.25, 0.3) is 0 Å². The minimum Gasteiger partial charge on any atom is -0.208 e. The molecule has 6 heteroatoms. The molecule has 0 bridgehead atoms. The van der Waals surface area contributed by atoms with Gasteiger partial charge in [0.25, 0.3) is 0 Å².